The minimum atomic E-state index is -0.278. The molecule has 0 saturated heterocycles. The fourth-order valence-electron chi connectivity index (χ4n) is 7.30. The number of benzene rings is 3. The summed E-state index contributed by atoms with van der Waals surface area (Å²) >= 11 is 0. The van der Waals surface area contributed by atoms with E-state index in [-0.39, 0.29) is 23.0 Å². The first-order chi connectivity index (χ1) is 17.6. The van der Waals surface area contributed by atoms with Crippen LogP contribution in [-0.4, -0.2) is 24.2 Å². The zero-order chi connectivity index (χ0) is 24.8. The van der Waals surface area contributed by atoms with E-state index < -0.39 is 0 Å². The van der Waals surface area contributed by atoms with Gasteiger partial charge in [-0.2, -0.15) is 10.2 Å². The highest BCUT2D eigenvalue weighted by Gasteiger charge is 2.72. The molecule has 1 aliphatic heterocycles. The summed E-state index contributed by atoms with van der Waals surface area (Å²) in [5.74, 6) is 2.20. The van der Waals surface area contributed by atoms with E-state index in [1.807, 2.05) is 0 Å². The van der Waals surface area contributed by atoms with Gasteiger partial charge in [-0.1, -0.05) is 86.6 Å². The van der Waals surface area contributed by atoms with Crippen LogP contribution < -0.4 is 10.1 Å². The molecule has 0 aromatic heterocycles. The van der Waals surface area contributed by atoms with Gasteiger partial charge in [0.05, 0.1) is 7.11 Å². The molecule has 2 atom stereocenters. The van der Waals surface area contributed by atoms with Gasteiger partial charge in [0.25, 0.3) is 0 Å². The van der Waals surface area contributed by atoms with Gasteiger partial charge >= 0.3 is 0 Å². The molecule has 1 spiro atoms. The van der Waals surface area contributed by atoms with E-state index in [4.69, 9.17) is 15.0 Å². The highest BCUT2D eigenvalue weighted by Crippen LogP contribution is 2.65. The molecule has 1 N–H and O–H groups in total. The maximum absolute atomic E-state index is 5.77. The second kappa shape index (κ2) is 9.15. The van der Waals surface area contributed by atoms with Gasteiger partial charge in [0.15, 0.2) is 0 Å². The number of fused-ring (bicyclic) bond motifs is 2. The SMILES string of the molecule is COc1ccc(C(C)C)cc1CNC1C2CCC3(CC2)N=NC13C(c1ccccc1)c1ccccc1. The van der Waals surface area contributed by atoms with Crippen LogP contribution in [0.1, 0.15) is 73.6 Å². The molecular weight excluding hydrogens is 442 g/mol. The summed E-state index contributed by atoms with van der Waals surface area (Å²) in [5, 5.41) is 14.2. The van der Waals surface area contributed by atoms with E-state index in [0.29, 0.717) is 11.8 Å². The van der Waals surface area contributed by atoms with Crippen LogP contribution in [0.5, 0.6) is 5.75 Å². The molecule has 3 fully saturated rings. The minimum absolute atomic E-state index is 0.0837. The Hall–Kier alpha value is -2.98. The van der Waals surface area contributed by atoms with Gasteiger partial charge in [-0.05, 0) is 60.3 Å². The Morgan fingerprint density at radius 1 is 0.861 bits per heavy atom. The van der Waals surface area contributed by atoms with E-state index in [9.17, 15) is 0 Å². The van der Waals surface area contributed by atoms with Crippen LogP contribution in [0.2, 0.25) is 0 Å². The molecule has 186 valence electrons. The van der Waals surface area contributed by atoms with Crippen molar-refractivity contribution in [1.82, 2.24) is 5.32 Å². The maximum atomic E-state index is 5.77. The van der Waals surface area contributed by atoms with E-state index in [1.54, 1.807) is 7.11 Å². The molecule has 2 unspecified atom stereocenters. The van der Waals surface area contributed by atoms with Crippen molar-refractivity contribution in [3.05, 3.63) is 101 Å². The van der Waals surface area contributed by atoms with Crippen molar-refractivity contribution in [1.29, 1.82) is 0 Å². The third-order valence-corrected chi connectivity index (χ3v) is 9.14. The van der Waals surface area contributed by atoms with Crippen LogP contribution in [-0.2, 0) is 6.54 Å². The number of nitrogens with zero attached hydrogens (tertiary/aromatic N) is 2. The van der Waals surface area contributed by atoms with Crippen molar-refractivity contribution in [2.24, 2.45) is 16.1 Å². The Morgan fingerprint density at radius 2 is 1.50 bits per heavy atom. The van der Waals surface area contributed by atoms with E-state index in [2.05, 4.69) is 98.0 Å². The molecule has 3 saturated carbocycles. The molecule has 2 bridgehead atoms. The van der Waals surface area contributed by atoms with Crippen molar-refractivity contribution >= 4 is 0 Å². The van der Waals surface area contributed by atoms with Crippen LogP contribution in [0.4, 0.5) is 0 Å². The number of rotatable bonds is 8. The smallest absolute Gasteiger partial charge is 0.135 e. The molecule has 36 heavy (non-hydrogen) atoms. The normalized spacial score (nSPS) is 28.2. The van der Waals surface area contributed by atoms with Crippen LogP contribution in [0, 0.1) is 5.92 Å². The van der Waals surface area contributed by atoms with Crippen molar-refractivity contribution in [2.45, 2.75) is 75.0 Å². The summed E-state index contributed by atoms with van der Waals surface area (Å²) in [5.41, 5.74) is 4.88. The van der Waals surface area contributed by atoms with Crippen molar-refractivity contribution in [3.63, 3.8) is 0 Å². The Bertz CT molecular complexity index is 1190. The second-order valence-corrected chi connectivity index (χ2v) is 11.2. The van der Waals surface area contributed by atoms with Crippen LogP contribution in [0.15, 0.2) is 89.1 Å². The summed E-state index contributed by atoms with van der Waals surface area (Å²) in [6.45, 7) is 5.27. The number of nitrogens with one attached hydrogen (secondary N) is 1. The highest BCUT2D eigenvalue weighted by molar-refractivity contribution is 5.45. The minimum Gasteiger partial charge on any atom is -0.496 e. The lowest BCUT2D eigenvalue weighted by molar-refractivity contribution is -0.0564. The lowest BCUT2D eigenvalue weighted by Crippen LogP contribution is -2.76. The highest BCUT2D eigenvalue weighted by atomic mass is 16.5. The zero-order valence-corrected chi connectivity index (χ0v) is 21.7. The summed E-state index contributed by atoms with van der Waals surface area (Å²) in [6.07, 6.45) is 4.72. The lowest BCUT2D eigenvalue weighted by Gasteiger charge is -2.66. The molecule has 4 nitrogen and oxygen atoms in total. The molecule has 4 heteroatoms. The largest absolute Gasteiger partial charge is 0.496 e. The molecule has 3 aromatic rings. The summed E-state index contributed by atoms with van der Waals surface area (Å²) in [7, 11) is 1.77. The van der Waals surface area contributed by atoms with E-state index in [0.717, 1.165) is 25.1 Å². The Kier molecular flexibility index (Phi) is 5.95. The summed E-state index contributed by atoms with van der Waals surface area (Å²) < 4.78 is 5.77. The van der Waals surface area contributed by atoms with Crippen LogP contribution in [0.3, 0.4) is 0 Å². The maximum Gasteiger partial charge on any atom is 0.135 e. The molecule has 4 aliphatic rings. The predicted molar refractivity (Wildman–Crippen MR) is 145 cm³/mol. The quantitative estimate of drug-likeness (QED) is 0.370. The molecule has 1 heterocycles. The molecule has 0 amide bonds. The first kappa shape index (κ1) is 23.4. The second-order valence-electron chi connectivity index (χ2n) is 11.2. The van der Waals surface area contributed by atoms with Gasteiger partial charge in [0.2, 0.25) is 0 Å². The predicted octanol–water partition coefficient (Wildman–Crippen LogP) is 7.26. The number of methoxy groups -OCH3 is 1. The molecular formula is C32H37N3O. The zero-order valence-electron chi connectivity index (χ0n) is 21.7. The Morgan fingerprint density at radius 3 is 2.03 bits per heavy atom. The number of hydrogen-bond donors (Lipinski definition) is 1. The van der Waals surface area contributed by atoms with Crippen LogP contribution in [0.25, 0.3) is 0 Å². The number of hydrogen-bond acceptors (Lipinski definition) is 4. The third kappa shape index (κ3) is 3.53. The van der Waals surface area contributed by atoms with Gasteiger partial charge in [0.1, 0.15) is 16.8 Å². The molecule has 7 rings (SSSR count). The monoisotopic (exact) mass is 479 g/mol. The molecule has 0 radical (unpaired) electrons. The number of ether oxygens (including phenoxy) is 1. The van der Waals surface area contributed by atoms with Gasteiger partial charge in [0, 0.05) is 24.1 Å². The molecule has 3 aliphatic carbocycles. The first-order valence-electron chi connectivity index (χ1n) is 13.5. The van der Waals surface area contributed by atoms with Crippen LogP contribution >= 0.6 is 0 Å². The lowest BCUT2D eigenvalue weighted by atomic mass is 9.47. The van der Waals surface area contributed by atoms with Gasteiger partial charge < -0.3 is 10.1 Å². The first-order valence-corrected chi connectivity index (χ1v) is 13.5. The summed E-state index contributed by atoms with van der Waals surface area (Å²) in [4.78, 5) is 0. The molecule has 3 aromatic carbocycles. The van der Waals surface area contributed by atoms with Gasteiger partial charge in [-0.15, -0.1) is 0 Å². The fraction of sp³-hybridized carbons (Fsp3) is 0.438. The van der Waals surface area contributed by atoms with E-state index >= 15 is 0 Å². The average Bonchev–Trinajstić information content (AvgIpc) is 2.92. The van der Waals surface area contributed by atoms with Crippen molar-refractivity contribution in [3.8, 4) is 5.75 Å². The fourth-order valence-corrected chi connectivity index (χ4v) is 7.30. The standard InChI is InChI=1S/C32H37N3O/c1-22(2)26-14-15-28(36-3)27(20-26)21-33-30-25-16-18-31(19-17-25)32(30,35-34-31)29(23-10-6-4-7-11-23)24-12-8-5-9-13-24/h4-15,20,22,25,29-30,33H,16-19,21H2,1-3H3. The van der Waals surface area contributed by atoms with Crippen molar-refractivity contribution in [2.75, 3.05) is 7.11 Å². The topological polar surface area (TPSA) is 46.0 Å². The van der Waals surface area contributed by atoms with Gasteiger partial charge in [-0.25, -0.2) is 0 Å². The van der Waals surface area contributed by atoms with E-state index in [1.165, 1.54) is 35.1 Å². The Labute approximate surface area is 215 Å². The van der Waals surface area contributed by atoms with Crippen molar-refractivity contribution < 1.29 is 4.74 Å². The average molecular weight is 480 g/mol. The summed E-state index contributed by atoms with van der Waals surface area (Å²) in [6, 6.07) is 28.9. The Balaban J connectivity index is 1.43. The number of azo groups is 1. The third-order valence-electron chi connectivity index (χ3n) is 9.14. The van der Waals surface area contributed by atoms with Gasteiger partial charge in [-0.3, -0.25) is 0 Å².